The second-order valence-electron chi connectivity index (χ2n) is 9.53. The zero-order valence-electron chi connectivity index (χ0n) is 21.5. The number of rotatable bonds is 9. The number of hydrazine groups is 1. The smallest absolute Gasteiger partial charge is 0.325 e. The third-order valence-corrected chi connectivity index (χ3v) is 5.69. The minimum Gasteiger partial charge on any atom is -0.480 e. The minimum absolute atomic E-state index is 0.142. The third-order valence-electron chi connectivity index (χ3n) is 5.36. The van der Waals surface area contributed by atoms with Gasteiger partial charge in [0.25, 0.3) is 11.8 Å². The molecule has 13 heteroatoms. The Morgan fingerprint density at radius 2 is 1.67 bits per heavy atom. The van der Waals surface area contributed by atoms with E-state index in [4.69, 9.17) is 22.4 Å². The number of nitrogens with one attached hydrogen (secondary N) is 3. The molecule has 2 aromatic rings. The van der Waals surface area contributed by atoms with Gasteiger partial charge in [0, 0.05) is 5.56 Å². The van der Waals surface area contributed by atoms with Gasteiger partial charge in [-0.3, -0.25) is 29.4 Å². The summed E-state index contributed by atoms with van der Waals surface area (Å²) in [5.41, 5.74) is 7.53. The summed E-state index contributed by atoms with van der Waals surface area (Å²) in [6, 6.07) is 9.40. The molecule has 0 heterocycles. The van der Waals surface area contributed by atoms with Crippen molar-refractivity contribution >= 4 is 46.9 Å². The molecule has 0 saturated heterocycles. The van der Waals surface area contributed by atoms with Crippen molar-refractivity contribution in [3.05, 3.63) is 77.1 Å². The Morgan fingerprint density at radius 3 is 2.18 bits per heavy atom. The number of amides is 4. The maximum absolute atomic E-state index is 13.5. The Bertz CT molecular complexity index is 1280. The summed E-state index contributed by atoms with van der Waals surface area (Å²) in [5, 5.41) is 14.6. The topological polar surface area (TPSA) is 171 Å². The number of carbonyl (C=O) groups excluding carboxylic acids is 4. The average Bonchev–Trinajstić information content (AvgIpc) is 2.85. The lowest BCUT2D eigenvalue weighted by atomic mass is 9.85. The molecule has 11 nitrogen and oxygen atoms in total. The van der Waals surface area contributed by atoms with Crippen molar-refractivity contribution in [1.82, 2.24) is 21.1 Å². The zero-order chi connectivity index (χ0) is 29.5. The first-order chi connectivity index (χ1) is 18.1. The molecule has 2 atom stereocenters. The van der Waals surface area contributed by atoms with Crippen molar-refractivity contribution < 1.29 is 33.5 Å². The summed E-state index contributed by atoms with van der Waals surface area (Å²) in [4.78, 5) is 62.8. The van der Waals surface area contributed by atoms with Gasteiger partial charge in [0.15, 0.2) is 5.83 Å². The van der Waals surface area contributed by atoms with E-state index in [9.17, 15) is 28.4 Å². The Morgan fingerprint density at radius 1 is 1.05 bits per heavy atom. The van der Waals surface area contributed by atoms with Crippen LogP contribution in [-0.2, 0) is 19.2 Å². The van der Waals surface area contributed by atoms with Gasteiger partial charge in [0.05, 0.1) is 10.7 Å². The predicted octanol–water partition coefficient (Wildman–Crippen LogP) is 2.35. The van der Waals surface area contributed by atoms with Crippen LogP contribution in [0, 0.1) is 5.41 Å². The number of hydrogen-bond acceptors (Lipinski definition) is 6. The van der Waals surface area contributed by atoms with Crippen molar-refractivity contribution in [2.45, 2.75) is 32.9 Å². The van der Waals surface area contributed by atoms with Gasteiger partial charge in [-0.25, -0.2) is 9.40 Å². The molecule has 0 aliphatic carbocycles. The summed E-state index contributed by atoms with van der Waals surface area (Å²) < 4.78 is 13.5. The average molecular weight is 562 g/mol. The Hall–Kier alpha value is -4.45. The molecule has 0 fully saturated rings. The van der Waals surface area contributed by atoms with Gasteiger partial charge in [0.1, 0.15) is 18.6 Å². The van der Waals surface area contributed by atoms with Gasteiger partial charge in [0.2, 0.25) is 5.91 Å². The maximum atomic E-state index is 13.5. The van der Waals surface area contributed by atoms with Crippen LogP contribution in [0.2, 0.25) is 5.02 Å². The summed E-state index contributed by atoms with van der Waals surface area (Å²) in [5.74, 6) is -6.97. The molecule has 0 spiro atoms. The van der Waals surface area contributed by atoms with Gasteiger partial charge in [-0.15, -0.1) is 0 Å². The van der Waals surface area contributed by atoms with Crippen LogP contribution in [0.1, 0.15) is 42.7 Å². The molecule has 0 unspecified atom stereocenters. The number of carboxylic acid groups (broad SMARTS) is 1. The molecule has 2 aromatic carbocycles. The van der Waals surface area contributed by atoms with Crippen molar-refractivity contribution in [2.75, 3.05) is 12.3 Å². The molecule has 2 rings (SSSR count). The third kappa shape index (κ3) is 8.54. The molecular formula is C26H29ClFN5O6. The first kappa shape index (κ1) is 30.8. The zero-order valence-corrected chi connectivity index (χ0v) is 22.2. The number of nitrogen functional groups attached to an aromatic ring is 1. The first-order valence-corrected chi connectivity index (χ1v) is 11.9. The van der Waals surface area contributed by atoms with Gasteiger partial charge in [-0.1, -0.05) is 69.3 Å². The van der Waals surface area contributed by atoms with E-state index in [-0.39, 0.29) is 26.8 Å². The fourth-order valence-electron chi connectivity index (χ4n) is 3.37. The second-order valence-corrected chi connectivity index (χ2v) is 9.93. The van der Waals surface area contributed by atoms with Crippen molar-refractivity contribution in [3.63, 3.8) is 0 Å². The summed E-state index contributed by atoms with van der Waals surface area (Å²) >= 11 is 6.01. The molecular weight excluding hydrogens is 533 g/mol. The minimum atomic E-state index is -1.54. The monoisotopic (exact) mass is 561 g/mol. The van der Waals surface area contributed by atoms with Gasteiger partial charge in [-0.05, 0) is 29.2 Å². The van der Waals surface area contributed by atoms with Gasteiger partial charge in [-0.2, -0.15) is 0 Å². The summed E-state index contributed by atoms with van der Waals surface area (Å²) in [6.07, 6.45) is 0. The molecule has 0 saturated carbocycles. The molecule has 208 valence electrons. The lowest BCUT2D eigenvalue weighted by Crippen LogP contribution is -2.57. The van der Waals surface area contributed by atoms with Crippen LogP contribution in [0.15, 0.2) is 60.9 Å². The van der Waals surface area contributed by atoms with Crippen LogP contribution in [0.4, 0.5) is 10.1 Å². The van der Waals surface area contributed by atoms with Crippen molar-refractivity contribution in [3.8, 4) is 0 Å². The quantitative estimate of drug-likeness (QED) is 0.178. The van der Waals surface area contributed by atoms with E-state index in [1.54, 1.807) is 39.0 Å². The molecule has 4 amide bonds. The largest absolute Gasteiger partial charge is 0.480 e. The summed E-state index contributed by atoms with van der Waals surface area (Å²) in [7, 11) is 0. The van der Waals surface area contributed by atoms with E-state index in [2.05, 4.69) is 17.2 Å². The highest BCUT2D eigenvalue weighted by Crippen LogP contribution is 2.24. The Kier molecular flexibility index (Phi) is 10.2. The van der Waals surface area contributed by atoms with Crippen LogP contribution in [0.5, 0.6) is 0 Å². The number of nitrogens with zero attached hydrogens (tertiary/aromatic N) is 1. The van der Waals surface area contributed by atoms with Crippen LogP contribution in [0.3, 0.4) is 0 Å². The standard InChI is InChI=1S/C26H29ClFN5O6/c1-14(28)25(39)33(13-19(34)35)32-23(37)20(15-8-6-5-7-9-15)30-24(38)21(26(2,3)4)31-22(36)16-10-11-18(29)17(27)12-16/h5-12,20-21H,1,13,29H2,2-4H3,(H,30,38)(H,31,36)(H,32,37)(H,34,35)/t20-,21+/m0/s1. The van der Waals surface area contributed by atoms with Crippen LogP contribution in [-0.4, -0.2) is 52.3 Å². The number of nitrogens with two attached hydrogens (primary N) is 1. The summed E-state index contributed by atoms with van der Waals surface area (Å²) in [6.45, 7) is 6.81. The number of halogens is 2. The van der Waals surface area contributed by atoms with Crippen molar-refractivity contribution in [2.24, 2.45) is 5.41 Å². The normalized spacial score (nSPS) is 12.4. The Labute approximate surface area is 229 Å². The fourth-order valence-corrected chi connectivity index (χ4v) is 3.55. The highest BCUT2D eigenvalue weighted by atomic mass is 35.5. The highest BCUT2D eigenvalue weighted by Gasteiger charge is 2.36. The van der Waals surface area contributed by atoms with E-state index in [1.165, 1.54) is 30.3 Å². The second kappa shape index (κ2) is 12.9. The maximum Gasteiger partial charge on any atom is 0.325 e. The van der Waals surface area contributed by atoms with E-state index in [0.29, 0.717) is 0 Å². The van der Waals surface area contributed by atoms with E-state index < -0.39 is 59.5 Å². The van der Waals surface area contributed by atoms with Gasteiger partial charge >= 0.3 is 11.9 Å². The molecule has 0 bridgehead atoms. The number of aliphatic carboxylic acids is 1. The molecule has 0 radical (unpaired) electrons. The number of carbonyl (C=O) groups is 5. The highest BCUT2D eigenvalue weighted by molar-refractivity contribution is 6.33. The first-order valence-electron chi connectivity index (χ1n) is 11.5. The predicted molar refractivity (Wildman–Crippen MR) is 142 cm³/mol. The van der Waals surface area contributed by atoms with Crippen LogP contribution in [0.25, 0.3) is 0 Å². The van der Waals surface area contributed by atoms with Crippen molar-refractivity contribution in [1.29, 1.82) is 0 Å². The fraction of sp³-hybridized carbons (Fsp3) is 0.269. The molecule has 0 aromatic heterocycles. The van der Waals surface area contributed by atoms with Gasteiger partial charge < -0.3 is 21.5 Å². The SMILES string of the molecule is C=C(F)C(=O)N(CC(=O)O)NC(=O)[C@@H](NC(=O)[C@@H](NC(=O)c1ccc(N)c(Cl)c1)C(C)(C)C)c1ccccc1. The number of benzene rings is 2. The molecule has 6 N–H and O–H groups in total. The van der Waals surface area contributed by atoms with Crippen LogP contribution >= 0.6 is 11.6 Å². The molecule has 0 aliphatic rings. The Balaban J connectivity index is 2.37. The van der Waals surface area contributed by atoms with Crippen LogP contribution < -0.4 is 21.8 Å². The van der Waals surface area contributed by atoms with E-state index in [0.717, 1.165) is 0 Å². The molecule has 39 heavy (non-hydrogen) atoms. The lowest BCUT2D eigenvalue weighted by molar-refractivity contribution is -0.149. The van der Waals surface area contributed by atoms with E-state index in [1.807, 2.05) is 5.43 Å². The number of hydrogen-bond donors (Lipinski definition) is 5. The number of anilines is 1. The molecule has 0 aliphatic heterocycles. The number of carboxylic acids is 1. The van der Waals surface area contributed by atoms with E-state index >= 15 is 0 Å². The lowest BCUT2D eigenvalue weighted by Gasteiger charge is -2.32.